The molecule has 2 nitrogen and oxygen atoms in total. The van der Waals surface area contributed by atoms with E-state index in [2.05, 4.69) is 24.2 Å². The first-order chi connectivity index (χ1) is 8.69. The quantitative estimate of drug-likeness (QED) is 0.878. The van der Waals surface area contributed by atoms with Crippen molar-refractivity contribution in [3.63, 3.8) is 0 Å². The van der Waals surface area contributed by atoms with E-state index in [9.17, 15) is 4.39 Å². The molecule has 18 heavy (non-hydrogen) atoms. The molecule has 0 saturated carbocycles. The summed E-state index contributed by atoms with van der Waals surface area (Å²) in [7, 11) is 0. The summed E-state index contributed by atoms with van der Waals surface area (Å²) in [4.78, 5) is 4.55. The first-order valence-electron chi connectivity index (χ1n) is 6.38. The highest BCUT2D eigenvalue weighted by Crippen LogP contribution is 2.21. The Morgan fingerprint density at radius 1 is 1.50 bits per heavy atom. The van der Waals surface area contributed by atoms with Crippen LogP contribution in [0.5, 0.6) is 0 Å². The second kappa shape index (κ2) is 6.23. The number of aryl methyl sites for hydroxylation is 1. The van der Waals surface area contributed by atoms with E-state index in [0.717, 1.165) is 36.4 Å². The van der Waals surface area contributed by atoms with E-state index in [4.69, 9.17) is 0 Å². The molecule has 1 N–H and O–H groups in total. The molecule has 1 aromatic rings. The van der Waals surface area contributed by atoms with Gasteiger partial charge in [0.1, 0.15) is 5.82 Å². The fourth-order valence-corrected chi connectivity index (χ4v) is 2.99. The molecular formula is C14H19FN2S. The Morgan fingerprint density at radius 2 is 2.33 bits per heavy atom. The predicted octanol–water partition coefficient (Wildman–Crippen LogP) is 3.72. The van der Waals surface area contributed by atoms with Gasteiger partial charge < -0.3 is 5.32 Å². The summed E-state index contributed by atoms with van der Waals surface area (Å²) < 4.78 is 13.2. The number of anilines is 1. The van der Waals surface area contributed by atoms with E-state index in [0.29, 0.717) is 6.04 Å². The van der Waals surface area contributed by atoms with Crippen LogP contribution in [-0.2, 0) is 6.42 Å². The Bertz CT molecular complexity index is 445. The standard InChI is InChI=1S/C14H19FN2S/c1-3-11-4-5-12(15)8-14(11)16-7-6-13-9-18-10(2)17-13/h4-5,8,13,16H,3,6-7,9H2,1-2H3. The van der Waals surface area contributed by atoms with Crippen molar-refractivity contribution < 1.29 is 4.39 Å². The Morgan fingerprint density at radius 3 is 3.00 bits per heavy atom. The fraction of sp³-hybridized carbons (Fsp3) is 0.500. The lowest BCUT2D eigenvalue weighted by Crippen LogP contribution is -2.12. The SMILES string of the molecule is CCc1ccc(F)cc1NCCC1CSC(C)=N1. The average Bonchev–Trinajstić information content (AvgIpc) is 2.75. The van der Waals surface area contributed by atoms with Crippen molar-refractivity contribution in [2.75, 3.05) is 17.6 Å². The molecule has 0 radical (unpaired) electrons. The second-order valence-corrected chi connectivity index (χ2v) is 5.70. The van der Waals surface area contributed by atoms with E-state index < -0.39 is 0 Å². The highest BCUT2D eigenvalue weighted by molar-refractivity contribution is 8.14. The largest absolute Gasteiger partial charge is 0.385 e. The number of hydrogen-bond acceptors (Lipinski definition) is 3. The van der Waals surface area contributed by atoms with E-state index in [-0.39, 0.29) is 5.82 Å². The smallest absolute Gasteiger partial charge is 0.125 e. The molecule has 1 aliphatic heterocycles. The summed E-state index contributed by atoms with van der Waals surface area (Å²) in [5.41, 5.74) is 2.08. The molecule has 0 aliphatic carbocycles. The van der Waals surface area contributed by atoms with Crippen LogP contribution in [0.2, 0.25) is 0 Å². The van der Waals surface area contributed by atoms with Crippen molar-refractivity contribution in [3.8, 4) is 0 Å². The topological polar surface area (TPSA) is 24.4 Å². The van der Waals surface area contributed by atoms with Crippen molar-refractivity contribution in [2.45, 2.75) is 32.7 Å². The van der Waals surface area contributed by atoms with Gasteiger partial charge in [-0.05, 0) is 37.5 Å². The van der Waals surface area contributed by atoms with Gasteiger partial charge >= 0.3 is 0 Å². The first kappa shape index (κ1) is 13.4. The highest BCUT2D eigenvalue weighted by atomic mass is 32.2. The van der Waals surface area contributed by atoms with Crippen molar-refractivity contribution in [2.24, 2.45) is 4.99 Å². The number of thioether (sulfide) groups is 1. The van der Waals surface area contributed by atoms with Gasteiger partial charge in [-0.2, -0.15) is 0 Å². The summed E-state index contributed by atoms with van der Waals surface area (Å²) in [6.07, 6.45) is 1.92. The third kappa shape index (κ3) is 3.48. The molecule has 1 aromatic carbocycles. The second-order valence-electron chi connectivity index (χ2n) is 4.48. The number of aliphatic imine (C=N–C) groups is 1. The zero-order valence-corrected chi connectivity index (χ0v) is 11.7. The van der Waals surface area contributed by atoms with Crippen LogP contribution in [-0.4, -0.2) is 23.4 Å². The molecule has 1 unspecified atom stereocenters. The predicted molar refractivity (Wildman–Crippen MR) is 78.2 cm³/mol. The van der Waals surface area contributed by atoms with E-state index in [1.54, 1.807) is 6.07 Å². The Labute approximate surface area is 112 Å². The molecule has 2 rings (SSSR count). The van der Waals surface area contributed by atoms with Crippen LogP contribution < -0.4 is 5.32 Å². The fourth-order valence-electron chi connectivity index (χ4n) is 2.09. The van der Waals surface area contributed by atoms with Gasteiger partial charge in [0.2, 0.25) is 0 Å². The molecule has 1 atom stereocenters. The third-order valence-electron chi connectivity index (χ3n) is 3.09. The van der Waals surface area contributed by atoms with Gasteiger partial charge in [0.05, 0.1) is 11.1 Å². The van der Waals surface area contributed by atoms with Crippen molar-refractivity contribution in [1.82, 2.24) is 0 Å². The maximum atomic E-state index is 13.2. The van der Waals surface area contributed by atoms with Crippen LogP contribution in [0.3, 0.4) is 0 Å². The number of rotatable bonds is 5. The molecule has 1 heterocycles. The molecule has 0 spiro atoms. The van der Waals surface area contributed by atoms with Crippen LogP contribution in [0.4, 0.5) is 10.1 Å². The van der Waals surface area contributed by atoms with Gasteiger partial charge in [0, 0.05) is 18.0 Å². The number of halogens is 1. The highest BCUT2D eigenvalue weighted by Gasteiger charge is 2.14. The van der Waals surface area contributed by atoms with E-state index >= 15 is 0 Å². The summed E-state index contributed by atoms with van der Waals surface area (Å²) in [6.45, 7) is 4.98. The maximum Gasteiger partial charge on any atom is 0.125 e. The zero-order chi connectivity index (χ0) is 13.0. The van der Waals surface area contributed by atoms with Gasteiger partial charge in [-0.1, -0.05) is 13.0 Å². The number of nitrogens with zero attached hydrogens (tertiary/aromatic N) is 1. The van der Waals surface area contributed by atoms with Crippen LogP contribution in [0.25, 0.3) is 0 Å². The first-order valence-corrected chi connectivity index (χ1v) is 7.37. The maximum absolute atomic E-state index is 13.2. The molecule has 0 amide bonds. The van der Waals surface area contributed by atoms with Crippen molar-refractivity contribution in [1.29, 1.82) is 0 Å². The van der Waals surface area contributed by atoms with Gasteiger partial charge in [-0.3, -0.25) is 4.99 Å². The van der Waals surface area contributed by atoms with Gasteiger partial charge in [0.25, 0.3) is 0 Å². The lowest BCUT2D eigenvalue weighted by atomic mass is 10.1. The van der Waals surface area contributed by atoms with Crippen LogP contribution in [0.1, 0.15) is 25.8 Å². The molecule has 0 saturated heterocycles. The molecule has 0 fully saturated rings. The minimum atomic E-state index is -0.181. The zero-order valence-electron chi connectivity index (χ0n) is 10.9. The van der Waals surface area contributed by atoms with Crippen LogP contribution in [0, 0.1) is 5.82 Å². The van der Waals surface area contributed by atoms with Gasteiger partial charge in [0.15, 0.2) is 0 Å². The van der Waals surface area contributed by atoms with E-state index in [1.165, 1.54) is 11.1 Å². The van der Waals surface area contributed by atoms with Crippen molar-refractivity contribution >= 4 is 22.5 Å². The Balaban J connectivity index is 1.88. The summed E-state index contributed by atoms with van der Waals surface area (Å²) in [5, 5.41) is 4.51. The van der Waals surface area contributed by atoms with Gasteiger partial charge in [-0.25, -0.2) is 4.39 Å². The lowest BCUT2D eigenvalue weighted by Gasteiger charge is -2.12. The summed E-state index contributed by atoms with van der Waals surface area (Å²) in [6, 6.07) is 5.37. The molecule has 4 heteroatoms. The number of benzene rings is 1. The molecule has 0 aromatic heterocycles. The third-order valence-corrected chi connectivity index (χ3v) is 4.17. The summed E-state index contributed by atoms with van der Waals surface area (Å²) in [5.74, 6) is 0.900. The molecule has 1 aliphatic rings. The normalized spacial score (nSPS) is 18.8. The van der Waals surface area contributed by atoms with Crippen LogP contribution in [0.15, 0.2) is 23.2 Å². The number of nitrogens with one attached hydrogen (secondary N) is 1. The Kier molecular flexibility index (Phi) is 4.64. The lowest BCUT2D eigenvalue weighted by molar-refractivity contribution is 0.627. The summed E-state index contributed by atoms with van der Waals surface area (Å²) >= 11 is 1.82. The van der Waals surface area contributed by atoms with Gasteiger partial charge in [-0.15, -0.1) is 11.8 Å². The molecular weight excluding hydrogens is 247 g/mol. The van der Waals surface area contributed by atoms with Crippen LogP contribution >= 0.6 is 11.8 Å². The minimum Gasteiger partial charge on any atom is -0.385 e. The molecule has 98 valence electrons. The average molecular weight is 266 g/mol. The monoisotopic (exact) mass is 266 g/mol. The van der Waals surface area contributed by atoms with E-state index in [1.807, 2.05) is 17.8 Å². The Hall–Kier alpha value is -1.03. The number of hydrogen-bond donors (Lipinski definition) is 1. The molecule has 0 bridgehead atoms. The van der Waals surface area contributed by atoms with Crippen molar-refractivity contribution in [3.05, 3.63) is 29.6 Å². The minimum absolute atomic E-state index is 0.181.